The van der Waals surface area contributed by atoms with Gasteiger partial charge in [0.15, 0.2) is 0 Å². The second-order valence-corrected chi connectivity index (χ2v) is 17.7. The molecule has 0 saturated carbocycles. The van der Waals surface area contributed by atoms with Crippen LogP contribution in [-0.2, 0) is 10.8 Å². The van der Waals surface area contributed by atoms with Crippen LogP contribution < -0.4 is 5.73 Å². The molecule has 0 saturated heterocycles. The molecular weight excluding hydrogens is 831 g/mol. The summed E-state index contributed by atoms with van der Waals surface area (Å²) in [5.41, 5.74) is 27.9. The van der Waals surface area contributed by atoms with Gasteiger partial charge >= 0.3 is 0 Å². The van der Waals surface area contributed by atoms with Gasteiger partial charge in [-0.3, -0.25) is 0 Å². The average molecular weight is 896 g/mol. The van der Waals surface area contributed by atoms with Crippen LogP contribution in [0.3, 0.4) is 0 Å². The molecule has 0 heterocycles. The summed E-state index contributed by atoms with van der Waals surface area (Å²) in [4.78, 5) is 0. The van der Waals surface area contributed by atoms with Crippen LogP contribution >= 0.6 is 0 Å². The number of nitrogens with two attached hydrogens (primary N) is 1. The molecule has 0 unspecified atom stereocenters. The fourth-order valence-electron chi connectivity index (χ4n) is 10.4. The van der Waals surface area contributed by atoms with Gasteiger partial charge in [-0.25, -0.2) is 0 Å². The normalized spacial score (nSPS) is 13.2. The van der Waals surface area contributed by atoms with E-state index < -0.39 is 0 Å². The summed E-state index contributed by atoms with van der Waals surface area (Å²) >= 11 is 0. The molecule has 0 radical (unpaired) electrons. The van der Waals surface area contributed by atoms with Gasteiger partial charge in [0, 0.05) is 11.1 Å². The molecule has 2 aliphatic carbocycles. The Kier molecular flexibility index (Phi) is 14.9. The van der Waals surface area contributed by atoms with E-state index in [9.17, 15) is 0 Å². The van der Waals surface area contributed by atoms with Crippen LogP contribution in [0.5, 0.6) is 0 Å². The molecule has 1 heteroatoms. The number of benzene rings is 9. The molecule has 0 bridgehead atoms. The first-order chi connectivity index (χ1) is 33.9. The first-order valence-corrected chi connectivity index (χ1v) is 24.9. The molecule has 0 fully saturated rings. The highest BCUT2D eigenvalue weighted by Crippen LogP contribution is 2.62. The zero-order valence-electron chi connectivity index (χ0n) is 41.4. The predicted octanol–water partition coefficient (Wildman–Crippen LogP) is 18.5. The Hall–Kier alpha value is -7.74. The van der Waals surface area contributed by atoms with Crippen molar-refractivity contribution in [3.8, 4) is 44.5 Å². The van der Waals surface area contributed by atoms with Crippen molar-refractivity contribution in [2.45, 2.75) is 65.7 Å². The number of anilines is 1. The van der Waals surface area contributed by atoms with Gasteiger partial charge < -0.3 is 5.73 Å². The van der Waals surface area contributed by atoms with Crippen molar-refractivity contribution >= 4 is 17.3 Å². The van der Waals surface area contributed by atoms with Gasteiger partial charge in [-0.15, -0.1) is 0 Å². The highest BCUT2D eigenvalue weighted by molar-refractivity contribution is 5.91. The Morgan fingerprint density at radius 1 is 0.406 bits per heavy atom. The molecular formula is C68H65N. The minimum absolute atomic E-state index is 0.101. The standard InChI is InChI=1S/C52H42.C12H11N.2C2H6/c1-4-17-37(29-28-36-32-41(38-18-7-5-8-19-38)34-42(33-36)39-20-9-6-10-21-39)40-30-31-46-44(35-40)43-22-11-12-23-45(43)52(46)49-26-15-13-24-47(49)51(2,3)48-25-14-16-27-50(48)52;13-12-8-6-11(7-9-12)10-4-2-1-3-5-10;2*1-2/h5-35H,4H2,1-3H3;1-9H,13H2;2*1-2H3/b29-28-,37-17+;;;. The third kappa shape index (κ3) is 9.31. The smallest absolute Gasteiger partial charge is 0.0719 e. The third-order valence-electron chi connectivity index (χ3n) is 13.5. The van der Waals surface area contributed by atoms with Gasteiger partial charge in [0.1, 0.15) is 0 Å². The van der Waals surface area contributed by atoms with Crippen molar-refractivity contribution in [1.82, 2.24) is 0 Å². The quantitative estimate of drug-likeness (QED) is 0.125. The number of fused-ring (bicyclic) bond motifs is 9. The van der Waals surface area contributed by atoms with E-state index >= 15 is 0 Å². The van der Waals surface area contributed by atoms with Crippen molar-refractivity contribution in [3.63, 3.8) is 0 Å². The van der Waals surface area contributed by atoms with Crippen LogP contribution in [0.15, 0.2) is 237 Å². The molecule has 9 aromatic carbocycles. The van der Waals surface area contributed by atoms with Gasteiger partial charge in [0.25, 0.3) is 0 Å². The van der Waals surface area contributed by atoms with Gasteiger partial charge in [-0.05, 0) is 137 Å². The number of rotatable bonds is 7. The first-order valence-electron chi connectivity index (χ1n) is 24.9. The Balaban J connectivity index is 0.000000322. The molecule has 9 aromatic rings. The Morgan fingerprint density at radius 3 is 1.33 bits per heavy atom. The monoisotopic (exact) mass is 896 g/mol. The molecule has 0 atom stereocenters. The average Bonchev–Trinajstić information content (AvgIpc) is 3.71. The molecule has 69 heavy (non-hydrogen) atoms. The second-order valence-electron chi connectivity index (χ2n) is 17.7. The highest BCUT2D eigenvalue weighted by atomic mass is 14.5. The van der Waals surface area contributed by atoms with E-state index in [0.717, 1.165) is 12.1 Å². The van der Waals surface area contributed by atoms with Crippen LogP contribution in [0.1, 0.15) is 99.4 Å². The lowest BCUT2D eigenvalue weighted by atomic mass is 9.55. The lowest BCUT2D eigenvalue weighted by molar-refractivity contribution is 0.563. The van der Waals surface area contributed by atoms with E-state index in [1.807, 2.05) is 70.2 Å². The second kappa shape index (κ2) is 21.5. The lowest BCUT2D eigenvalue weighted by Gasteiger charge is -2.46. The van der Waals surface area contributed by atoms with Crippen molar-refractivity contribution in [3.05, 3.63) is 281 Å². The predicted molar refractivity (Wildman–Crippen MR) is 299 cm³/mol. The number of nitrogen functional groups attached to an aromatic ring is 1. The van der Waals surface area contributed by atoms with Crippen molar-refractivity contribution in [1.29, 1.82) is 0 Å². The van der Waals surface area contributed by atoms with E-state index in [2.05, 4.69) is 221 Å². The van der Waals surface area contributed by atoms with Gasteiger partial charge in [-0.2, -0.15) is 0 Å². The van der Waals surface area contributed by atoms with Crippen molar-refractivity contribution in [2.75, 3.05) is 5.73 Å². The molecule has 2 N–H and O–H groups in total. The van der Waals surface area contributed by atoms with E-state index in [4.69, 9.17) is 5.73 Å². The molecule has 0 aliphatic heterocycles. The fraction of sp³-hybridized carbons (Fsp3) is 0.147. The van der Waals surface area contributed by atoms with E-state index in [1.165, 1.54) is 94.6 Å². The Labute approximate surface area is 412 Å². The Morgan fingerprint density at radius 2 is 0.826 bits per heavy atom. The largest absolute Gasteiger partial charge is 0.399 e. The summed E-state index contributed by atoms with van der Waals surface area (Å²) in [6.07, 6.45) is 7.92. The summed E-state index contributed by atoms with van der Waals surface area (Å²) in [7, 11) is 0. The fourth-order valence-corrected chi connectivity index (χ4v) is 10.4. The van der Waals surface area contributed by atoms with E-state index in [1.54, 1.807) is 0 Å². The third-order valence-corrected chi connectivity index (χ3v) is 13.5. The number of hydrogen-bond donors (Lipinski definition) is 1. The SMILES string of the molecule is CC.CC.CC/C=C(\C=C/c1cc(-c2ccccc2)cc(-c2ccccc2)c1)c1ccc2c(c1)-c1ccccc1C21c2ccccc2C(C)(C)c2ccccc21.Nc1ccc(-c2ccccc2)cc1. The van der Waals surface area contributed by atoms with Crippen molar-refractivity contribution < 1.29 is 0 Å². The molecule has 1 nitrogen and oxygen atoms in total. The molecule has 2 aliphatic rings. The molecule has 342 valence electrons. The number of allylic oxidation sites excluding steroid dienone is 3. The van der Waals surface area contributed by atoms with Gasteiger partial charge in [-0.1, -0.05) is 255 Å². The maximum Gasteiger partial charge on any atom is 0.0719 e. The maximum absolute atomic E-state index is 5.60. The van der Waals surface area contributed by atoms with Gasteiger partial charge in [0.05, 0.1) is 5.41 Å². The molecule has 0 aromatic heterocycles. The Bertz CT molecular complexity index is 3080. The van der Waals surface area contributed by atoms with Gasteiger partial charge in [0.2, 0.25) is 0 Å². The zero-order chi connectivity index (χ0) is 48.4. The van der Waals surface area contributed by atoms with Crippen LogP contribution in [0, 0.1) is 0 Å². The summed E-state index contributed by atoms with van der Waals surface area (Å²) in [5.74, 6) is 0. The van der Waals surface area contributed by atoms with Crippen LogP contribution in [0.4, 0.5) is 5.69 Å². The van der Waals surface area contributed by atoms with E-state index in [0.29, 0.717) is 0 Å². The van der Waals surface area contributed by atoms with Crippen LogP contribution in [-0.4, -0.2) is 0 Å². The summed E-state index contributed by atoms with van der Waals surface area (Å²) in [6, 6.07) is 81.2. The summed E-state index contributed by atoms with van der Waals surface area (Å²) < 4.78 is 0. The van der Waals surface area contributed by atoms with Crippen molar-refractivity contribution in [2.24, 2.45) is 0 Å². The summed E-state index contributed by atoms with van der Waals surface area (Å²) in [5, 5.41) is 0. The van der Waals surface area contributed by atoms with Crippen LogP contribution in [0.2, 0.25) is 0 Å². The molecule has 0 amide bonds. The minimum atomic E-state index is -0.372. The zero-order valence-corrected chi connectivity index (χ0v) is 41.4. The number of hydrogen-bond acceptors (Lipinski definition) is 1. The lowest BCUT2D eigenvalue weighted by Crippen LogP contribution is -2.40. The minimum Gasteiger partial charge on any atom is -0.399 e. The molecule has 1 spiro atoms. The topological polar surface area (TPSA) is 26.0 Å². The molecule has 11 rings (SSSR count). The van der Waals surface area contributed by atoms with E-state index in [-0.39, 0.29) is 10.8 Å². The van der Waals surface area contributed by atoms with Crippen LogP contribution in [0.25, 0.3) is 56.2 Å². The summed E-state index contributed by atoms with van der Waals surface area (Å²) in [6.45, 7) is 15.0. The first kappa shape index (κ1) is 47.7. The highest BCUT2D eigenvalue weighted by Gasteiger charge is 2.53. The maximum atomic E-state index is 5.60.